The summed E-state index contributed by atoms with van der Waals surface area (Å²) in [5, 5.41) is 9.26. The molecule has 1 N–H and O–H groups in total. The van der Waals surface area contributed by atoms with E-state index in [1.54, 1.807) is 13.8 Å². The van der Waals surface area contributed by atoms with Crippen LogP contribution in [0.5, 0.6) is 0 Å². The Hall–Kier alpha value is -0.870. The SMILES string of the molecule is COC1(C)OC(=O)C=C1C(C)O. The van der Waals surface area contributed by atoms with Gasteiger partial charge in [0.2, 0.25) is 5.79 Å². The maximum atomic E-state index is 10.8. The van der Waals surface area contributed by atoms with Gasteiger partial charge in [0.25, 0.3) is 0 Å². The van der Waals surface area contributed by atoms with Crippen molar-refractivity contribution in [3.63, 3.8) is 0 Å². The fraction of sp³-hybridized carbons (Fsp3) is 0.625. The average molecular weight is 172 g/mol. The topological polar surface area (TPSA) is 55.8 Å². The zero-order valence-electron chi connectivity index (χ0n) is 7.33. The second-order valence-electron chi connectivity index (χ2n) is 2.85. The Morgan fingerprint density at radius 3 is 2.67 bits per heavy atom. The van der Waals surface area contributed by atoms with Gasteiger partial charge in [0.15, 0.2) is 0 Å². The predicted octanol–water partition coefficient (Wildman–Crippen LogP) is 0.213. The van der Waals surface area contributed by atoms with Crippen LogP contribution in [0.3, 0.4) is 0 Å². The third kappa shape index (κ3) is 1.35. The number of esters is 1. The molecule has 0 radical (unpaired) electrons. The first-order valence-electron chi connectivity index (χ1n) is 3.68. The van der Waals surface area contributed by atoms with Crippen molar-refractivity contribution in [1.29, 1.82) is 0 Å². The van der Waals surface area contributed by atoms with Gasteiger partial charge in [-0.1, -0.05) is 0 Å². The van der Waals surface area contributed by atoms with E-state index in [4.69, 9.17) is 9.47 Å². The van der Waals surface area contributed by atoms with Crippen molar-refractivity contribution >= 4 is 5.97 Å². The minimum absolute atomic E-state index is 0.454. The summed E-state index contributed by atoms with van der Waals surface area (Å²) < 4.78 is 9.83. The largest absolute Gasteiger partial charge is 0.426 e. The molecule has 0 aromatic carbocycles. The van der Waals surface area contributed by atoms with Gasteiger partial charge in [0, 0.05) is 25.7 Å². The number of ether oxygens (including phenoxy) is 2. The van der Waals surface area contributed by atoms with E-state index in [1.807, 2.05) is 0 Å². The normalized spacial score (nSPS) is 31.3. The molecule has 4 heteroatoms. The summed E-state index contributed by atoms with van der Waals surface area (Å²) in [5.74, 6) is -1.57. The lowest BCUT2D eigenvalue weighted by Crippen LogP contribution is -2.34. The molecule has 0 spiro atoms. The van der Waals surface area contributed by atoms with Gasteiger partial charge in [-0.2, -0.15) is 0 Å². The summed E-state index contributed by atoms with van der Waals surface area (Å²) in [6.45, 7) is 3.15. The Labute approximate surface area is 70.8 Å². The molecular weight excluding hydrogens is 160 g/mol. The van der Waals surface area contributed by atoms with Gasteiger partial charge in [-0.15, -0.1) is 0 Å². The number of hydrogen-bond donors (Lipinski definition) is 1. The average Bonchev–Trinajstić information content (AvgIpc) is 2.27. The van der Waals surface area contributed by atoms with Crippen LogP contribution in [0.2, 0.25) is 0 Å². The quantitative estimate of drug-likeness (QED) is 0.605. The first-order valence-corrected chi connectivity index (χ1v) is 3.68. The first-order chi connectivity index (χ1) is 5.49. The Balaban J connectivity index is 2.94. The lowest BCUT2D eigenvalue weighted by molar-refractivity contribution is -0.187. The molecule has 0 amide bonds. The lowest BCUT2D eigenvalue weighted by atomic mass is 10.0. The fourth-order valence-electron chi connectivity index (χ4n) is 1.20. The van der Waals surface area contributed by atoms with Crippen molar-refractivity contribution in [1.82, 2.24) is 0 Å². The molecule has 2 atom stereocenters. The van der Waals surface area contributed by atoms with E-state index in [2.05, 4.69) is 0 Å². The Morgan fingerprint density at radius 1 is 1.75 bits per heavy atom. The number of aliphatic hydroxyl groups is 1. The Bertz CT molecular complexity index is 231. The van der Waals surface area contributed by atoms with Crippen molar-refractivity contribution in [2.24, 2.45) is 0 Å². The summed E-state index contributed by atoms with van der Waals surface area (Å²) in [7, 11) is 1.43. The molecule has 0 saturated heterocycles. The highest BCUT2D eigenvalue weighted by molar-refractivity contribution is 5.86. The highest BCUT2D eigenvalue weighted by Gasteiger charge is 2.40. The van der Waals surface area contributed by atoms with Gasteiger partial charge in [-0.05, 0) is 6.92 Å². The summed E-state index contributed by atoms with van der Waals surface area (Å²) in [4.78, 5) is 10.8. The van der Waals surface area contributed by atoms with Gasteiger partial charge < -0.3 is 14.6 Å². The molecule has 1 heterocycles. The molecule has 0 fully saturated rings. The zero-order chi connectivity index (χ0) is 9.35. The van der Waals surface area contributed by atoms with Gasteiger partial charge in [0.1, 0.15) is 0 Å². The molecule has 1 rings (SSSR count). The molecule has 0 aromatic rings. The number of carbonyl (C=O) groups is 1. The Morgan fingerprint density at radius 2 is 2.33 bits per heavy atom. The predicted molar refractivity (Wildman–Crippen MR) is 41.3 cm³/mol. The molecule has 12 heavy (non-hydrogen) atoms. The van der Waals surface area contributed by atoms with E-state index in [1.165, 1.54) is 13.2 Å². The van der Waals surface area contributed by atoms with Gasteiger partial charge in [-0.3, -0.25) is 0 Å². The van der Waals surface area contributed by atoms with Crippen LogP contribution in [0.4, 0.5) is 0 Å². The maximum absolute atomic E-state index is 10.8. The van der Waals surface area contributed by atoms with Crippen LogP contribution in [0.15, 0.2) is 11.6 Å². The van der Waals surface area contributed by atoms with Crippen molar-refractivity contribution in [3.8, 4) is 0 Å². The maximum Gasteiger partial charge on any atom is 0.333 e. The molecule has 4 nitrogen and oxygen atoms in total. The molecule has 0 aliphatic carbocycles. The van der Waals surface area contributed by atoms with E-state index in [0.29, 0.717) is 5.57 Å². The Kier molecular flexibility index (Phi) is 2.21. The van der Waals surface area contributed by atoms with Crippen molar-refractivity contribution in [3.05, 3.63) is 11.6 Å². The lowest BCUT2D eigenvalue weighted by Gasteiger charge is -2.25. The van der Waals surface area contributed by atoms with Gasteiger partial charge in [-0.25, -0.2) is 4.79 Å². The zero-order valence-corrected chi connectivity index (χ0v) is 7.33. The van der Waals surface area contributed by atoms with E-state index in [9.17, 15) is 9.90 Å². The van der Waals surface area contributed by atoms with E-state index in [0.717, 1.165) is 0 Å². The van der Waals surface area contributed by atoms with Crippen LogP contribution in [-0.2, 0) is 14.3 Å². The summed E-state index contributed by atoms with van der Waals surface area (Å²) >= 11 is 0. The highest BCUT2D eigenvalue weighted by atomic mass is 16.7. The molecule has 0 aromatic heterocycles. The summed E-state index contributed by atoms with van der Waals surface area (Å²) in [5.41, 5.74) is 0.454. The van der Waals surface area contributed by atoms with Crippen LogP contribution < -0.4 is 0 Å². The minimum atomic E-state index is -1.09. The van der Waals surface area contributed by atoms with Crippen LogP contribution in [0, 0.1) is 0 Å². The van der Waals surface area contributed by atoms with Crippen molar-refractivity contribution in [2.45, 2.75) is 25.7 Å². The summed E-state index contributed by atoms with van der Waals surface area (Å²) in [6.07, 6.45) is 0.523. The monoisotopic (exact) mass is 172 g/mol. The number of hydrogen-bond acceptors (Lipinski definition) is 4. The fourth-order valence-corrected chi connectivity index (χ4v) is 1.20. The minimum Gasteiger partial charge on any atom is -0.426 e. The second kappa shape index (κ2) is 2.88. The third-order valence-electron chi connectivity index (χ3n) is 1.93. The number of aliphatic hydroxyl groups excluding tert-OH is 1. The second-order valence-corrected chi connectivity index (χ2v) is 2.85. The number of methoxy groups -OCH3 is 1. The van der Waals surface area contributed by atoms with Crippen LogP contribution in [0.1, 0.15) is 13.8 Å². The van der Waals surface area contributed by atoms with Crippen molar-refractivity contribution < 1.29 is 19.4 Å². The van der Waals surface area contributed by atoms with E-state index in [-0.39, 0.29) is 0 Å². The van der Waals surface area contributed by atoms with Crippen molar-refractivity contribution in [2.75, 3.05) is 7.11 Å². The molecular formula is C8H12O4. The third-order valence-corrected chi connectivity index (χ3v) is 1.93. The smallest absolute Gasteiger partial charge is 0.333 e. The molecule has 2 unspecified atom stereocenters. The number of cyclic esters (lactones) is 1. The van der Waals surface area contributed by atoms with Crippen LogP contribution in [-0.4, -0.2) is 30.1 Å². The first kappa shape index (κ1) is 9.22. The number of carbonyl (C=O) groups excluding carboxylic acids is 1. The highest BCUT2D eigenvalue weighted by Crippen LogP contribution is 2.30. The summed E-state index contributed by atoms with van der Waals surface area (Å²) in [6, 6.07) is 0. The molecule has 1 aliphatic rings. The standard InChI is InChI=1S/C8H12O4/c1-5(9)6-4-7(10)12-8(6,2)11-3/h4-5,9H,1-3H3. The number of rotatable bonds is 2. The molecule has 0 bridgehead atoms. The van der Waals surface area contributed by atoms with E-state index >= 15 is 0 Å². The van der Waals surface area contributed by atoms with Crippen LogP contribution >= 0.6 is 0 Å². The van der Waals surface area contributed by atoms with E-state index < -0.39 is 17.9 Å². The molecule has 1 aliphatic heterocycles. The van der Waals surface area contributed by atoms with Gasteiger partial charge in [0.05, 0.1) is 6.10 Å². The van der Waals surface area contributed by atoms with Gasteiger partial charge >= 0.3 is 5.97 Å². The molecule has 68 valence electrons. The molecule has 0 saturated carbocycles. The van der Waals surface area contributed by atoms with Crippen LogP contribution in [0.25, 0.3) is 0 Å².